The van der Waals surface area contributed by atoms with Crippen LogP contribution < -0.4 is 4.90 Å². The van der Waals surface area contributed by atoms with Gasteiger partial charge >= 0.3 is 0 Å². The molecule has 0 atom stereocenters. The van der Waals surface area contributed by atoms with E-state index in [0.717, 1.165) is 17.1 Å². The fourth-order valence-electron chi connectivity index (χ4n) is 8.83. The van der Waals surface area contributed by atoms with Gasteiger partial charge in [0.1, 0.15) is 0 Å². The van der Waals surface area contributed by atoms with Crippen molar-refractivity contribution in [3.8, 4) is 44.5 Å². The molecule has 0 spiro atoms. The van der Waals surface area contributed by atoms with Gasteiger partial charge in [0.2, 0.25) is 0 Å². The van der Waals surface area contributed by atoms with Crippen LogP contribution in [0.2, 0.25) is 0 Å². The molecular formula is C62H65N. The number of hydrogen-bond donors (Lipinski definition) is 0. The van der Waals surface area contributed by atoms with Gasteiger partial charge in [-0.25, -0.2) is 0 Å². The molecular weight excluding hydrogens is 759 g/mol. The molecule has 0 aliphatic carbocycles. The van der Waals surface area contributed by atoms with Crippen LogP contribution in [0.15, 0.2) is 176 Å². The van der Waals surface area contributed by atoms with Gasteiger partial charge in [0.15, 0.2) is 0 Å². The molecule has 0 aromatic heterocycles. The molecule has 0 fully saturated rings. The van der Waals surface area contributed by atoms with Gasteiger partial charge in [-0.15, -0.1) is 0 Å². The monoisotopic (exact) mass is 824 g/mol. The molecule has 63 heavy (non-hydrogen) atoms. The minimum atomic E-state index is -0.0806. The SMILES string of the molecule is CC(C)(C)c1cc(-c2cccc3cccc(-c4ccccc4N(c4cc(C(C)(C)C)ccc4-c4ccccc4)c4cc(C(C)(C)C)ccc4-c4ccccc4)c23)cc(C(C)(C)C)c1. The van der Waals surface area contributed by atoms with E-state index in [4.69, 9.17) is 0 Å². The summed E-state index contributed by atoms with van der Waals surface area (Å²) >= 11 is 0. The molecule has 8 aromatic rings. The summed E-state index contributed by atoms with van der Waals surface area (Å²) in [4.78, 5) is 2.59. The fourth-order valence-corrected chi connectivity index (χ4v) is 8.83. The van der Waals surface area contributed by atoms with Crippen LogP contribution in [0.5, 0.6) is 0 Å². The summed E-state index contributed by atoms with van der Waals surface area (Å²) in [6, 6.07) is 66.2. The van der Waals surface area contributed by atoms with Crippen molar-refractivity contribution in [2.24, 2.45) is 0 Å². The van der Waals surface area contributed by atoms with Crippen molar-refractivity contribution in [2.75, 3.05) is 4.90 Å². The molecule has 0 unspecified atom stereocenters. The molecule has 1 heteroatoms. The average Bonchev–Trinajstić information content (AvgIpc) is 3.25. The Morgan fingerprint density at radius 2 is 0.683 bits per heavy atom. The molecule has 0 saturated carbocycles. The van der Waals surface area contributed by atoms with Crippen molar-refractivity contribution in [1.82, 2.24) is 0 Å². The molecule has 8 rings (SSSR count). The highest BCUT2D eigenvalue weighted by Gasteiger charge is 2.28. The van der Waals surface area contributed by atoms with E-state index in [9.17, 15) is 0 Å². The van der Waals surface area contributed by atoms with Gasteiger partial charge in [-0.05, 0) is 101 Å². The van der Waals surface area contributed by atoms with E-state index < -0.39 is 0 Å². The van der Waals surface area contributed by atoms with E-state index in [-0.39, 0.29) is 21.7 Å². The van der Waals surface area contributed by atoms with Crippen molar-refractivity contribution >= 4 is 27.8 Å². The normalized spacial score (nSPS) is 12.4. The fraction of sp³-hybridized carbons (Fsp3) is 0.258. The quantitative estimate of drug-likeness (QED) is 0.155. The molecule has 0 heterocycles. The molecule has 8 aromatic carbocycles. The molecule has 1 nitrogen and oxygen atoms in total. The molecule has 0 amide bonds. The summed E-state index contributed by atoms with van der Waals surface area (Å²) in [5.41, 5.74) is 18.2. The van der Waals surface area contributed by atoms with Crippen LogP contribution >= 0.6 is 0 Å². The number of hydrogen-bond acceptors (Lipinski definition) is 1. The largest absolute Gasteiger partial charge is 0.309 e. The Bertz CT molecular complexity index is 2770. The van der Waals surface area contributed by atoms with E-state index in [1.165, 1.54) is 77.5 Å². The topological polar surface area (TPSA) is 3.24 Å². The van der Waals surface area contributed by atoms with Gasteiger partial charge in [0, 0.05) is 16.7 Å². The maximum atomic E-state index is 2.59. The third kappa shape index (κ3) is 8.90. The zero-order chi connectivity index (χ0) is 44.9. The lowest BCUT2D eigenvalue weighted by Crippen LogP contribution is -2.18. The number of benzene rings is 8. The first kappa shape index (κ1) is 43.5. The predicted octanol–water partition coefficient (Wildman–Crippen LogP) is 18.2. The average molecular weight is 824 g/mol. The number of fused-ring (bicyclic) bond motifs is 1. The third-order valence-corrected chi connectivity index (χ3v) is 12.7. The van der Waals surface area contributed by atoms with E-state index in [2.05, 4.69) is 264 Å². The lowest BCUT2D eigenvalue weighted by molar-refractivity contribution is 0.569. The van der Waals surface area contributed by atoms with Crippen LogP contribution in [0.4, 0.5) is 17.1 Å². The van der Waals surface area contributed by atoms with Crippen LogP contribution in [-0.2, 0) is 21.7 Å². The molecule has 0 saturated heterocycles. The second-order valence-electron chi connectivity index (χ2n) is 21.6. The second-order valence-corrected chi connectivity index (χ2v) is 21.6. The van der Waals surface area contributed by atoms with Gasteiger partial charge in [0.05, 0.1) is 17.1 Å². The summed E-state index contributed by atoms with van der Waals surface area (Å²) in [6.07, 6.45) is 0. The zero-order valence-electron chi connectivity index (χ0n) is 39.7. The van der Waals surface area contributed by atoms with Gasteiger partial charge in [-0.2, -0.15) is 0 Å². The highest BCUT2D eigenvalue weighted by atomic mass is 15.2. The predicted molar refractivity (Wildman–Crippen MR) is 275 cm³/mol. The van der Waals surface area contributed by atoms with Gasteiger partial charge < -0.3 is 4.90 Å². The smallest absolute Gasteiger partial charge is 0.0543 e. The van der Waals surface area contributed by atoms with Crippen LogP contribution in [0.25, 0.3) is 55.3 Å². The number of anilines is 3. The molecule has 0 aliphatic rings. The van der Waals surface area contributed by atoms with Gasteiger partial charge in [-0.3, -0.25) is 0 Å². The Morgan fingerprint density at radius 3 is 1.14 bits per heavy atom. The van der Waals surface area contributed by atoms with Crippen LogP contribution in [0, 0.1) is 0 Å². The molecule has 0 N–H and O–H groups in total. The molecule has 0 radical (unpaired) electrons. The van der Waals surface area contributed by atoms with Crippen molar-refractivity contribution in [1.29, 1.82) is 0 Å². The first-order chi connectivity index (χ1) is 29.8. The van der Waals surface area contributed by atoms with Crippen molar-refractivity contribution < 1.29 is 0 Å². The summed E-state index contributed by atoms with van der Waals surface area (Å²) in [6.45, 7) is 27.9. The van der Waals surface area contributed by atoms with Gasteiger partial charge in [-0.1, -0.05) is 241 Å². The van der Waals surface area contributed by atoms with E-state index in [1.54, 1.807) is 0 Å². The highest BCUT2D eigenvalue weighted by Crippen LogP contribution is 2.51. The maximum absolute atomic E-state index is 2.59. The maximum Gasteiger partial charge on any atom is 0.0543 e. The second kappa shape index (κ2) is 16.5. The lowest BCUT2D eigenvalue weighted by Gasteiger charge is -2.34. The summed E-state index contributed by atoms with van der Waals surface area (Å²) in [7, 11) is 0. The Balaban J connectivity index is 1.51. The van der Waals surface area contributed by atoms with E-state index in [1.807, 2.05) is 0 Å². The molecule has 0 aliphatic heterocycles. The van der Waals surface area contributed by atoms with Crippen molar-refractivity contribution in [2.45, 2.75) is 105 Å². The van der Waals surface area contributed by atoms with Crippen LogP contribution in [-0.4, -0.2) is 0 Å². The highest BCUT2D eigenvalue weighted by molar-refractivity contribution is 6.09. The first-order valence-electron chi connectivity index (χ1n) is 22.8. The van der Waals surface area contributed by atoms with Crippen molar-refractivity contribution in [3.63, 3.8) is 0 Å². The number of nitrogens with zero attached hydrogens (tertiary/aromatic N) is 1. The number of para-hydroxylation sites is 1. The van der Waals surface area contributed by atoms with Crippen molar-refractivity contribution in [3.05, 3.63) is 198 Å². The number of rotatable bonds is 7. The lowest BCUT2D eigenvalue weighted by atomic mass is 9.78. The Morgan fingerprint density at radius 1 is 0.270 bits per heavy atom. The Labute approximate surface area is 378 Å². The standard InChI is InChI=1S/C62H65N/c1-59(2,3)46-33-35-50(42-23-15-13-16-24-42)56(40-46)63(57-41-47(60(4,5)6)34-36-51(57)43-25-17-14-18-26-43)55-32-20-19-29-53(55)54-31-22-28-44-27-21-30-52(58(44)54)45-37-48(61(7,8)9)39-49(38-45)62(10,11)12/h13-41H,1-12H3. The summed E-state index contributed by atoms with van der Waals surface area (Å²) in [5, 5.41) is 2.49. The summed E-state index contributed by atoms with van der Waals surface area (Å²) in [5.74, 6) is 0. The van der Waals surface area contributed by atoms with E-state index in [0.29, 0.717) is 0 Å². The minimum Gasteiger partial charge on any atom is -0.309 e. The van der Waals surface area contributed by atoms with Crippen LogP contribution in [0.3, 0.4) is 0 Å². The van der Waals surface area contributed by atoms with E-state index >= 15 is 0 Å². The zero-order valence-corrected chi connectivity index (χ0v) is 39.7. The summed E-state index contributed by atoms with van der Waals surface area (Å²) < 4.78 is 0. The first-order valence-corrected chi connectivity index (χ1v) is 22.8. The minimum absolute atomic E-state index is 0.00731. The third-order valence-electron chi connectivity index (χ3n) is 12.7. The Kier molecular flexibility index (Phi) is 11.4. The van der Waals surface area contributed by atoms with Gasteiger partial charge in [0.25, 0.3) is 0 Å². The molecule has 0 bridgehead atoms. The Hall–Kier alpha value is -6.18. The van der Waals surface area contributed by atoms with Crippen LogP contribution in [0.1, 0.15) is 105 Å². The molecule has 318 valence electrons.